The Morgan fingerprint density at radius 2 is 1.67 bits per heavy atom. The van der Waals surface area contributed by atoms with Crippen molar-refractivity contribution in [2.24, 2.45) is 0 Å². The number of ether oxygens (including phenoxy) is 4. The number of fused-ring (bicyclic) bond motifs is 3. The minimum Gasteiger partial charge on any atom is -0.462 e. The molecular formula is C49H75N7O9S2. The molecule has 3 aliphatic heterocycles. The van der Waals surface area contributed by atoms with Gasteiger partial charge in [-0.2, -0.15) is 11.8 Å². The van der Waals surface area contributed by atoms with Crippen LogP contribution in [0, 0.1) is 0 Å². The van der Waals surface area contributed by atoms with E-state index in [0.717, 1.165) is 59.0 Å². The smallest absolute Gasteiger partial charge is 0.331 e. The van der Waals surface area contributed by atoms with Gasteiger partial charge in [-0.25, -0.2) is 14.6 Å². The molecule has 1 aromatic rings. The number of nitrogens with one attached hydrogen (secondary N) is 5. The van der Waals surface area contributed by atoms with E-state index < -0.39 is 18.2 Å². The molecule has 3 unspecified atom stereocenters. The molecule has 1 aromatic heterocycles. The molecule has 2 bridgehead atoms. The topological polar surface area (TPSA) is 199 Å². The van der Waals surface area contributed by atoms with Crippen LogP contribution in [0.15, 0.2) is 64.6 Å². The van der Waals surface area contributed by atoms with E-state index in [9.17, 15) is 24.0 Å². The molecule has 372 valence electrons. The van der Waals surface area contributed by atoms with Gasteiger partial charge in [-0.1, -0.05) is 60.4 Å². The van der Waals surface area contributed by atoms with Crippen LogP contribution in [-0.4, -0.2) is 148 Å². The summed E-state index contributed by atoms with van der Waals surface area (Å²) >= 11 is 3.38. The molecule has 0 radical (unpaired) electrons. The van der Waals surface area contributed by atoms with Gasteiger partial charge in [-0.3, -0.25) is 14.4 Å². The fourth-order valence-corrected chi connectivity index (χ4v) is 10.3. The summed E-state index contributed by atoms with van der Waals surface area (Å²) in [7, 11) is 4.05. The zero-order chi connectivity index (χ0) is 48.6. The Labute approximate surface area is 406 Å². The van der Waals surface area contributed by atoms with Crippen LogP contribution in [0.5, 0.6) is 0 Å². The summed E-state index contributed by atoms with van der Waals surface area (Å²) in [6.07, 6.45) is 16.8. The molecule has 7 atom stereocenters. The highest BCUT2D eigenvalue weighted by Crippen LogP contribution is 2.33. The molecule has 67 heavy (non-hydrogen) atoms. The minimum atomic E-state index is -0.544. The summed E-state index contributed by atoms with van der Waals surface area (Å²) in [6.45, 7) is 12.8. The number of carbonyl (C=O) groups is 5. The Hall–Kier alpha value is -4.33. The van der Waals surface area contributed by atoms with E-state index in [1.807, 2.05) is 77.2 Å². The number of likely N-dealkylation sites (N-methyl/N-ethyl adjacent to an activating group) is 1. The number of hydrogen-bond donors (Lipinski definition) is 5. The number of amides is 4. The number of esters is 2. The van der Waals surface area contributed by atoms with Gasteiger partial charge in [0.05, 0.1) is 62.2 Å². The first-order chi connectivity index (χ1) is 32.1. The number of unbranched alkanes of at least 4 members (excludes halogenated alkanes) is 1. The first-order valence-corrected chi connectivity index (χ1v) is 25.5. The van der Waals surface area contributed by atoms with Crippen molar-refractivity contribution in [2.45, 2.75) is 127 Å². The van der Waals surface area contributed by atoms with Gasteiger partial charge in [-0.15, -0.1) is 11.3 Å². The van der Waals surface area contributed by atoms with Gasteiger partial charge in [0.25, 0.3) is 0 Å². The predicted molar refractivity (Wildman–Crippen MR) is 265 cm³/mol. The summed E-state index contributed by atoms with van der Waals surface area (Å²) in [5.74, 6) is -0.182. The number of aromatic nitrogens is 1. The van der Waals surface area contributed by atoms with Crippen LogP contribution in [0.3, 0.4) is 0 Å². The van der Waals surface area contributed by atoms with E-state index in [4.69, 9.17) is 23.9 Å². The average Bonchev–Trinajstić information content (AvgIpc) is 3.99. The van der Waals surface area contributed by atoms with Gasteiger partial charge in [0.1, 0.15) is 12.2 Å². The first kappa shape index (κ1) is 55.3. The summed E-state index contributed by atoms with van der Waals surface area (Å²) in [4.78, 5) is 69.9. The molecule has 16 nitrogen and oxygen atoms in total. The van der Waals surface area contributed by atoms with E-state index in [2.05, 4.69) is 50.6 Å². The molecule has 18 heteroatoms. The van der Waals surface area contributed by atoms with Crippen LogP contribution in [0.1, 0.15) is 96.2 Å². The number of cyclic esters (lactones) is 2. The Balaban J connectivity index is 1.18. The standard InChI is InChI=1S/C49H75N7O9S2/c1-33(17-20-56(6)7)15-16-35(3)26-39-29-45-53-40(31-67-45)36(4)27-38(28-47(60)64-37(5)25-34(2)11-10-14-46(59)65-39)52-30-44(58)51-19-22-63-24-23-62-21-18-50-43(57)13-9-8-12-42-48-41(32-66-42)54-49(61)55-48/h10-11,14-17,26,31,36-39,41-42,48,52H,8-9,12-13,18-25,27-30,32H2,1-7H3,(H,50,57)(H,51,58)(H2,54,55,61)/b14-10-,16-15+,33-17+,34-11+,35-26+/t36?,37-,38+,39+,41?,42-,48?/m0/s1. The molecule has 5 N–H and O–H groups in total. The largest absolute Gasteiger partial charge is 0.462 e. The molecule has 4 amide bonds. The molecule has 0 spiro atoms. The number of urea groups is 1. The van der Waals surface area contributed by atoms with E-state index in [0.29, 0.717) is 70.5 Å². The van der Waals surface area contributed by atoms with Crippen molar-refractivity contribution >= 4 is 52.9 Å². The van der Waals surface area contributed by atoms with Crippen LogP contribution in [0.25, 0.3) is 0 Å². The quantitative estimate of drug-likeness (QED) is 0.0436. The molecule has 4 rings (SSSR count). The Morgan fingerprint density at radius 3 is 2.42 bits per heavy atom. The van der Waals surface area contributed by atoms with Crippen molar-refractivity contribution in [3.05, 3.63) is 75.3 Å². The molecule has 0 aliphatic carbocycles. The number of carbonyl (C=O) groups excluding carboxylic acids is 5. The number of hydrogen-bond acceptors (Lipinski definition) is 14. The van der Waals surface area contributed by atoms with Crippen LogP contribution in [0.4, 0.5) is 4.79 Å². The lowest BCUT2D eigenvalue weighted by atomic mass is 9.97. The van der Waals surface area contributed by atoms with Gasteiger partial charge in [0.15, 0.2) is 0 Å². The normalized spacial score (nSPS) is 25.8. The second-order valence-electron chi connectivity index (χ2n) is 17.9. The predicted octanol–water partition coefficient (Wildman–Crippen LogP) is 5.28. The molecule has 2 saturated heterocycles. The van der Waals surface area contributed by atoms with Gasteiger partial charge in [0.2, 0.25) is 11.8 Å². The van der Waals surface area contributed by atoms with Crippen molar-refractivity contribution in [1.29, 1.82) is 0 Å². The lowest BCUT2D eigenvalue weighted by Gasteiger charge is -2.22. The van der Waals surface area contributed by atoms with E-state index in [-0.39, 0.29) is 60.8 Å². The molecule has 0 aromatic carbocycles. The monoisotopic (exact) mass is 970 g/mol. The third-order valence-corrected chi connectivity index (χ3v) is 13.7. The molecule has 4 heterocycles. The summed E-state index contributed by atoms with van der Waals surface area (Å²) in [6, 6.07) is -0.0349. The lowest BCUT2D eigenvalue weighted by Crippen LogP contribution is -2.42. The second-order valence-corrected chi connectivity index (χ2v) is 20.1. The first-order valence-electron chi connectivity index (χ1n) is 23.6. The van der Waals surface area contributed by atoms with Crippen molar-refractivity contribution in [3.63, 3.8) is 0 Å². The third-order valence-electron chi connectivity index (χ3n) is 11.3. The summed E-state index contributed by atoms with van der Waals surface area (Å²) in [5, 5.41) is 18.2. The highest BCUT2D eigenvalue weighted by atomic mass is 32.2. The van der Waals surface area contributed by atoms with Crippen molar-refractivity contribution in [1.82, 2.24) is 36.5 Å². The van der Waals surface area contributed by atoms with Crippen molar-refractivity contribution in [3.8, 4) is 0 Å². The molecule has 2 fully saturated rings. The number of thiazole rings is 1. The second kappa shape index (κ2) is 30.2. The molecule has 3 aliphatic rings. The highest BCUT2D eigenvalue weighted by molar-refractivity contribution is 8.00. The van der Waals surface area contributed by atoms with E-state index in [1.165, 1.54) is 17.4 Å². The minimum absolute atomic E-state index is 0.00152. The number of allylic oxidation sites excluding steroid dienone is 6. The van der Waals surface area contributed by atoms with E-state index in [1.54, 1.807) is 6.08 Å². The van der Waals surface area contributed by atoms with Crippen LogP contribution in [-0.2, 0) is 44.5 Å². The van der Waals surface area contributed by atoms with Gasteiger partial charge < -0.3 is 50.4 Å². The van der Waals surface area contributed by atoms with Crippen LogP contribution < -0.4 is 26.6 Å². The van der Waals surface area contributed by atoms with Gasteiger partial charge in [0, 0.05) is 73.3 Å². The third kappa shape index (κ3) is 22.6. The van der Waals surface area contributed by atoms with Gasteiger partial charge in [-0.05, 0) is 67.1 Å². The number of thioether (sulfide) groups is 1. The van der Waals surface area contributed by atoms with Gasteiger partial charge >= 0.3 is 18.0 Å². The van der Waals surface area contributed by atoms with Crippen molar-refractivity contribution < 1.29 is 42.9 Å². The lowest BCUT2D eigenvalue weighted by molar-refractivity contribution is -0.149. The molecule has 0 saturated carbocycles. The Bertz CT molecular complexity index is 1910. The zero-order valence-electron chi connectivity index (χ0n) is 40.6. The fourth-order valence-electron chi connectivity index (χ4n) is 7.77. The summed E-state index contributed by atoms with van der Waals surface area (Å²) in [5.41, 5.74) is 3.88. The highest BCUT2D eigenvalue weighted by Gasteiger charge is 2.42. The Morgan fingerprint density at radius 1 is 0.940 bits per heavy atom. The fraction of sp³-hybridized carbons (Fsp3) is 0.633. The Kier molecular flexibility index (Phi) is 24.9. The van der Waals surface area contributed by atoms with Crippen LogP contribution >= 0.6 is 23.1 Å². The zero-order valence-corrected chi connectivity index (χ0v) is 42.2. The molecular weight excluding hydrogens is 895 g/mol. The maximum absolute atomic E-state index is 13.2. The SMILES string of the molecule is CC(/C=C/C(C)=C/[C@@H]1Cc2nc(cs2)C(C)C[C@@H](NCC(=O)NCCOCCOCCNC(=O)CCCC[C@@H]2SCC3NC(=O)NC32)CC(=O)O[C@@H](C)C/C(C)=C/C=C\C(=O)O1)=C\CN(C)C. The van der Waals surface area contributed by atoms with E-state index >= 15 is 0 Å². The van der Waals surface area contributed by atoms with Crippen LogP contribution in [0.2, 0.25) is 0 Å². The average molecular weight is 970 g/mol. The summed E-state index contributed by atoms with van der Waals surface area (Å²) < 4.78 is 22.9. The maximum atomic E-state index is 13.2. The van der Waals surface area contributed by atoms with Crippen molar-refractivity contribution in [2.75, 3.05) is 72.5 Å². The maximum Gasteiger partial charge on any atom is 0.331 e. The number of nitrogens with zero attached hydrogens (tertiary/aromatic N) is 2. The number of rotatable bonds is 22.